The van der Waals surface area contributed by atoms with Crippen molar-refractivity contribution in [1.82, 2.24) is 9.88 Å². The molecule has 0 bridgehead atoms. The number of carbonyl (C=O) groups is 1. The Kier molecular flexibility index (Phi) is 5.34. The number of para-hydroxylation sites is 1. The van der Waals surface area contributed by atoms with Crippen LogP contribution >= 0.6 is 11.3 Å². The highest BCUT2D eigenvalue weighted by molar-refractivity contribution is 7.21. The van der Waals surface area contributed by atoms with E-state index in [1.165, 1.54) is 54.0 Å². The van der Waals surface area contributed by atoms with E-state index in [1.807, 2.05) is 11.0 Å². The standard InChI is InChI=1S/C24H28N4OS/c25-21-19-16-17-8-4-1-2-7-11-20(17)26-23(19)30-22(21)24(29)28-14-12-27(13-15-28)18-9-5-3-6-10-18/h3,5-6,9-10,16H,1-2,4,7-8,11-15,25H2. The van der Waals surface area contributed by atoms with Gasteiger partial charge in [0, 0.05) is 42.9 Å². The second-order valence-corrected chi connectivity index (χ2v) is 9.32. The number of aromatic nitrogens is 1. The predicted molar refractivity (Wildman–Crippen MR) is 124 cm³/mol. The van der Waals surface area contributed by atoms with Gasteiger partial charge in [-0.15, -0.1) is 11.3 Å². The van der Waals surface area contributed by atoms with Gasteiger partial charge >= 0.3 is 0 Å². The van der Waals surface area contributed by atoms with Crippen LogP contribution < -0.4 is 10.6 Å². The number of rotatable bonds is 2. The van der Waals surface area contributed by atoms with E-state index in [0.717, 1.165) is 36.1 Å². The van der Waals surface area contributed by atoms with Crippen LogP contribution in [0.3, 0.4) is 0 Å². The van der Waals surface area contributed by atoms with E-state index in [2.05, 4.69) is 35.2 Å². The lowest BCUT2D eigenvalue weighted by Gasteiger charge is -2.36. The highest BCUT2D eigenvalue weighted by atomic mass is 32.1. The number of anilines is 2. The minimum absolute atomic E-state index is 0.0515. The summed E-state index contributed by atoms with van der Waals surface area (Å²) in [5, 5.41) is 0.964. The fourth-order valence-electron chi connectivity index (χ4n) is 4.62. The van der Waals surface area contributed by atoms with Gasteiger partial charge in [0.2, 0.25) is 0 Å². The molecular formula is C24H28N4OS. The van der Waals surface area contributed by atoms with Crippen molar-refractivity contribution in [3.8, 4) is 0 Å². The molecule has 156 valence electrons. The maximum atomic E-state index is 13.3. The molecule has 1 aliphatic heterocycles. The second kappa shape index (κ2) is 8.26. The van der Waals surface area contributed by atoms with E-state index >= 15 is 0 Å². The molecule has 3 aromatic rings. The number of nitrogen functional groups attached to an aromatic ring is 1. The van der Waals surface area contributed by atoms with Crippen LogP contribution in [-0.4, -0.2) is 42.0 Å². The Morgan fingerprint density at radius 2 is 1.70 bits per heavy atom. The maximum Gasteiger partial charge on any atom is 0.266 e. The molecule has 5 rings (SSSR count). The number of fused-ring (bicyclic) bond motifs is 2. The number of benzene rings is 1. The van der Waals surface area contributed by atoms with E-state index in [0.29, 0.717) is 23.7 Å². The summed E-state index contributed by atoms with van der Waals surface area (Å²) >= 11 is 1.47. The molecule has 0 spiro atoms. The van der Waals surface area contributed by atoms with Crippen LogP contribution in [0.4, 0.5) is 11.4 Å². The van der Waals surface area contributed by atoms with Gasteiger partial charge in [0.1, 0.15) is 9.71 Å². The molecular weight excluding hydrogens is 392 g/mol. The number of nitrogens with zero attached hydrogens (tertiary/aromatic N) is 3. The summed E-state index contributed by atoms with van der Waals surface area (Å²) in [6.07, 6.45) is 7.08. The van der Waals surface area contributed by atoms with Crippen molar-refractivity contribution >= 4 is 38.8 Å². The van der Waals surface area contributed by atoms with Gasteiger partial charge in [-0.05, 0) is 49.4 Å². The number of aryl methyl sites for hydroxylation is 2. The number of hydrogen-bond acceptors (Lipinski definition) is 5. The van der Waals surface area contributed by atoms with Crippen LogP contribution in [-0.2, 0) is 12.8 Å². The van der Waals surface area contributed by atoms with Gasteiger partial charge in [0.25, 0.3) is 5.91 Å². The molecule has 2 aliphatic rings. The average Bonchev–Trinajstić information content (AvgIpc) is 3.09. The molecule has 5 nitrogen and oxygen atoms in total. The topological polar surface area (TPSA) is 62.5 Å². The number of piperazine rings is 1. The largest absolute Gasteiger partial charge is 0.397 e. The van der Waals surface area contributed by atoms with E-state index in [1.54, 1.807) is 0 Å². The number of thiophene rings is 1. The molecule has 0 unspecified atom stereocenters. The fourth-order valence-corrected chi connectivity index (χ4v) is 5.69. The first kappa shape index (κ1) is 19.4. The third-order valence-corrected chi connectivity index (χ3v) is 7.49. The summed E-state index contributed by atoms with van der Waals surface area (Å²) in [6.45, 7) is 3.11. The van der Waals surface area contributed by atoms with Gasteiger partial charge in [-0.3, -0.25) is 4.79 Å². The van der Waals surface area contributed by atoms with Crippen LogP contribution in [0.25, 0.3) is 10.2 Å². The minimum atomic E-state index is 0.0515. The first-order valence-corrected chi connectivity index (χ1v) is 11.8. The van der Waals surface area contributed by atoms with E-state index in [4.69, 9.17) is 10.7 Å². The maximum absolute atomic E-state index is 13.3. The molecule has 1 aromatic carbocycles. The first-order valence-electron chi connectivity index (χ1n) is 11.0. The Morgan fingerprint density at radius 1 is 0.967 bits per heavy atom. The molecule has 0 radical (unpaired) electrons. The van der Waals surface area contributed by atoms with Crippen molar-refractivity contribution in [3.05, 3.63) is 52.5 Å². The summed E-state index contributed by atoms with van der Waals surface area (Å²) < 4.78 is 0. The zero-order valence-electron chi connectivity index (χ0n) is 17.3. The van der Waals surface area contributed by atoms with Gasteiger partial charge in [-0.2, -0.15) is 0 Å². The third-order valence-electron chi connectivity index (χ3n) is 6.38. The van der Waals surface area contributed by atoms with Crippen molar-refractivity contribution in [2.24, 2.45) is 0 Å². The number of carbonyl (C=O) groups excluding carboxylic acids is 1. The molecule has 1 fully saturated rings. The van der Waals surface area contributed by atoms with Crippen molar-refractivity contribution in [2.45, 2.75) is 38.5 Å². The van der Waals surface area contributed by atoms with E-state index < -0.39 is 0 Å². The number of amides is 1. The van der Waals surface area contributed by atoms with Crippen molar-refractivity contribution in [1.29, 1.82) is 0 Å². The van der Waals surface area contributed by atoms with E-state index in [-0.39, 0.29) is 5.91 Å². The normalized spacial score (nSPS) is 17.5. The smallest absolute Gasteiger partial charge is 0.266 e. The van der Waals surface area contributed by atoms with Crippen LogP contribution in [0.15, 0.2) is 36.4 Å². The quantitative estimate of drug-likeness (QED) is 0.663. The average molecular weight is 421 g/mol. The van der Waals surface area contributed by atoms with Crippen LogP contribution in [0, 0.1) is 0 Å². The highest BCUT2D eigenvalue weighted by Gasteiger charge is 2.27. The second-order valence-electron chi connectivity index (χ2n) is 8.32. The summed E-state index contributed by atoms with van der Waals surface area (Å²) in [6, 6.07) is 12.6. The van der Waals surface area contributed by atoms with Crippen LogP contribution in [0.2, 0.25) is 0 Å². The molecule has 30 heavy (non-hydrogen) atoms. The SMILES string of the molecule is Nc1c(C(=O)N2CCN(c3ccccc3)CC2)sc2nc3c(cc12)CCCCCC3. The van der Waals surface area contributed by atoms with Gasteiger partial charge in [-0.25, -0.2) is 4.98 Å². The van der Waals surface area contributed by atoms with Gasteiger partial charge in [0.15, 0.2) is 0 Å². The molecule has 2 N–H and O–H groups in total. The van der Waals surface area contributed by atoms with Crippen molar-refractivity contribution in [3.63, 3.8) is 0 Å². The number of nitrogens with two attached hydrogens (primary N) is 1. The molecule has 1 aliphatic carbocycles. The van der Waals surface area contributed by atoms with Crippen molar-refractivity contribution in [2.75, 3.05) is 36.8 Å². The van der Waals surface area contributed by atoms with E-state index in [9.17, 15) is 4.79 Å². The highest BCUT2D eigenvalue weighted by Crippen LogP contribution is 2.36. The Morgan fingerprint density at radius 3 is 2.47 bits per heavy atom. The Balaban J connectivity index is 1.37. The summed E-state index contributed by atoms with van der Waals surface area (Å²) in [7, 11) is 0. The lowest BCUT2D eigenvalue weighted by molar-refractivity contribution is 0.0752. The number of pyridine rings is 1. The monoisotopic (exact) mass is 420 g/mol. The zero-order valence-corrected chi connectivity index (χ0v) is 18.1. The molecule has 1 saturated heterocycles. The lowest BCUT2D eigenvalue weighted by atomic mass is 9.96. The molecule has 2 aromatic heterocycles. The lowest BCUT2D eigenvalue weighted by Crippen LogP contribution is -2.48. The minimum Gasteiger partial charge on any atom is -0.397 e. The molecule has 0 saturated carbocycles. The van der Waals surface area contributed by atoms with Gasteiger partial charge in [-0.1, -0.05) is 31.0 Å². The van der Waals surface area contributed by atoms with Crippen molar-refractivity contribution < 1.29 is 4.79 Å². The summed E-state index contributed by atoms with van der Waals surface area (Å²) in [5.74, 6) is 0.0515. The summed E-state index contributed by atoms with van der Waals surface area (Å²) in [5.41, 5.74) is 10.8. The van der Waals surface area contributed by atoms with Crippen LogP contribution in [0.1, 0.15) is 46.6 Å². The molecule has 1 amide bonds. The molecule has 3 heterocycles. The Hall–Kier alpha value is -2.60. The molecule has 6 heteroatoms. The predicted octanol–water partition coefficient (Wildman–Crippen LogP) is 4.50. The third kappa shape index (κ3) is 3.65. The van der Waals surface area contributed by atoms with Crippen LogP contribution in [0.5, 0.6) is 0 Å². The van der Waals surface area contributed by atoms with Gasteiger partial charge < -0.3 is 15.5 Å². The fraction of sp³-hybridized carbons (Fsp3) is 0.417. The molecule has 0 atom stereocenters. The zero-order chi connectivity index (χ0) is 20.5. The number of hydrogen-bond donors (Lipinski definition) is 1. The first-order chi connectivity index (χ1) is 14.7. The Bertz CT molecular complexity index is 1050. The van der Waals surface area contributed by atoms with Gasteiger partial charge in [0.05, 0.1) is 5.69 Å². The summed E-state index contributed by atoms with van der Waals surface area (Å²) in [4.78, 5) is 24.1. The Labute approximate surface area is 181 Å².